The van der Waals surface area contributed by atoms with Gasteiger partial charge in [0.15, 0.2) is 0 Å². The number of nitrogens with two attached hydrogens (primary N) is 1. The Bertz CT molecular complexity index is 291. The standard InChI is InChI=1S/C10H18N4S.ClH/c1-8(11)10-4-2-3-5-14(10)6-9-7-15-13-12-9;/h7-8,10H,2-6,11H2,1H3;1H. The molecule has 2 heterocycles. The lowest BCUT2D eigenvalue weighted by molar-refractivity contribution is 0.121. The molecule has 0 saturated carbocycles. The molecule has 1 aliphatic heterocycles. The average molecular weight is 263 g/mol. The van der Waals surface area contributed by atoms with Gasteiger partial charge in [-0.1, -0.05) is 10.9 Å². The number of likely N-dealkylation sites (tertiary alicyclic amines) is 1. The summed E-state index contributed by atoms with van der Waals surface area (Å²) in [6, 6.07) is 0.761. The highest BCUT2D eigenvalue weighted by atomic mass is 35.5. The van der Waals surface area contributed by atoms with Crippen molar-refractivity contribution in [2.45, 2.75) is 44.8 Å². The second kappa shape index (κ2) is 6.49. The molecule has 1 aromatic rings. The summed E-state index contributed by atoms with van der Waals surface area (Å²) in [4.78, 5) is 2.45. The third kappa shape index (κ3) is 3.38. The molecule has 0 radical (unpaired) electrons. The van der Waals surface area contributed by atoms with E-state index >= 15 is 0 Å². The number of hydrogen-bond donors (Lipinski definition) is 1. The fraction of sp³-hybridized carbons (Fsp3) is 0.800. The minimum absolute atomic E-state index is 0. The van der Waals surface area contributed by atoms with Crippen molar-refractivity contribution in [2.75, 3.05) is 6.54 Å². The number of halogens is 1. The summed E-state index contributed by atoms with van der Waals surface area (Å²) in [5.41, 5.74) is 7.09. The maximum atomic E-state index is 6.01. The first-order chi connectivity index (χ1) is 7.27. The summed E-state index contributed by atoms with van der Waals surface area (Å²) in [5, 5.41) is 6.11. The number of nitrogens with zero attached hydrogens (tertiary/aromatic N) is 3. The van der Waals surface area contributed by atoms with E-state index in [0.29, 0.717) is 6.04 Å². The predicted molar refractivity (Wildman–Crippen MR) is 68.9 cm³/mol. The Morgan fingerprint density at radius 1 is 1.62 bits per heavy atom. The van der Waals surface area contributed by atoms with Gasteiger partial charge in [-0.05, 0) is 37.8 Å². The van der Waals surface area contributed by atoms with Crippen LogP contribution in [0.5, 0.6) is 0 Å². The van der Waals surface area contributed by atoms with Gasteiger partial charge in [-0.25, -0.2) is 0 Å². The van der Waals surface area contributed by atoms with Crippen molar-refractivity contribution < 1.29 is 0 Å². The van der Waals surface area contributed by atoms with Crippen molar-refractivity contribution >= 4 is 23.9 Å². The second-order valence-corrected chi connectivity index (χ2v) is 4.90. The van der Waals surface area contributed by atoms with Crippen molar-refractivity contribution in [1.29, 1.82) is 0 Å². The SMILES string of the molecule is CC(N)C1CCCCN1Cc1csnn1.Cl. The molecule has 0 amide bonds. The Hall–Kier alpha value is -0.230. The van der Waals surface area contributed by atoms with Gasteiger partial charge in [0, 0.05) is 24.0 Å². The van der Waals surface area contributed by atoms with Crippen LogP contribution in [-0.4, -0.2) is 33.1 Å². The number of aromatic nitrogens is 2. The molecule has 0 aromatic carbocycles. The molecule has 16 heavy (non-hydrogen) atoms. The summed E-state index contributed by atoms with van der Waals surface area (Å²) in [6.45, 7) is 4.15. The zero-order valence-electron chi connectivity index (χ0n) is 9.50. The third-order valence-corrected chi connectivity index (χ3v) is 3.59. The monoisotopic (exact) mass is 262 g/mol. The Labute approximate surface area is 107 Å². The Morgan fingerprint density at radius 3 is 3.06 bits per heavy atom. The molecule has 6 heteroatoms. The van der Waals surface area contributed by atoms with Crippen LogP contribution in [-0.2, 0) is 6.54 Å². The fourth-order valence-corrected chi connectivity index (χ4v) is 2.71. The molecule has 1 aromatic heterocycles. The van der Waals surface area contributed by atoms with Crippen molar-refractivity contribution in [3.05, 3.63) is 11.1 Å². The first-order valence-electron chi connectivity index (χ1n) is 5.53. The summed E-state index contributed by atoms with van der Waals surface area (Å²) in [6.07, 6.45) is 3.80. The molecule has 1 saturated heterocycles. The van der Waals surface area contributed by atoms with Crippen LogP contribution in [0.2, 0.25) is 0 Å². The molecular formula is C10H19ClN4S. The third-order valence-electron chi connectivity index (χ3n) is 3.04. The van der Waals surface area contributed by atoms with Gasteiger partial charge in [-0.2, -0.15) is 0 Å². The largest absolute Gasteiger partial charge is 0.327 e. The van der Waals surface area contributed by atoms with Crippen LogP contribution in [0.4, 0.5) is 0 Å². The second-order valence-electron chi connectivity index (χ2n) is 4.29. The number of piperidine rings is 1. The number of hydrogen-bond acceptors (Lipinski definition) is 5. The molecule has 1 fully saturated rings. The highest BCUT2D eigenvalue weighted by Gasteiger charge is 2.25. The lowest BCUT2D eigenvalue weighted by Gasteiger charge is -2.37. The maximum absolute atomic E-state index is 6.01. The van der Waals surface area contributed by atoms with Gasteiger partial charge < -0.3 is 5.73 Å². The fourth-order valence-electron chi connectivity index (χ4n) is 2.27. The van der Waals surface area contributed by atoms with E-state index in [1.54, 1.807) is 0 Å². The average Bonchev–Trinajstić information content (AvgIpc) is 2.71. The topological polar surface area (TPSA) is 55.0 Å². The first kappa shape index (κ1) is 13.8. The van der Waals surface area contributed by atoms with Gasteiger partial charge in [-0.15, -0.1) is 17.5 Å². The van der Waals surface area contributed by atoms with Gasteiger partial charge in [0.1, 0.15) is 0 Å². The molecule has 0 spiro atoms. The van der Waals surface area contributed by atoms with E-state index < -0.39 is 0 Å². The molecule has 2 atom stereocenters. The van der Waals surface area contributed by atoms with E-state index in [-0.39, 0.29) is 18.4 Å². The smallest absolute Gasteiger partial charge is 0.0895 e. The molecule has 2 rings (SSSR count). The molecule has 0 aliphatic carbocycles. The van der Waals surface area contributed by atoms with E-state index in [0.717, 1.165) is 18.8 Å². The zero-order chi connectivity index (χ0) is 10.7. The van der Waals surface area contributed by atoms with Crippen LogP contribution in [0, 0.1) is 0 Å². The van der Waals surface area contributed by atoms with Gasteiger partial charge in [0.25, 0.3) is 0 Å². The van der Waals surface area contributed by atoms with Crippen molar-refractivity contribution in [3.63, 3.8) is 0 Å². The predicted octanol–water partition coefficient (Wildman–Crippen LogP) is 1.66. The quantitative estimate of drug-likeness (QED) is 0.900. The van der Waals surface area contributed by atoms with Gasteiger partial charge in [-0.3, -0.25) is 4.90 Å². The molecule has 0 bridgehead atoms. The van der Waals surface area contributed by atoms with Crippen molar-refractivity contribution in [2.24, 2.45) is 5.73 Å². The summed E-state index contributed by atoms with van der Waals surface area (Å²) in [5.74, 6) is 0. The van der Waals surface area contributed by atoms with Gasteiger partial charge in [0.05, 0.1) is 5.69 Å². The van der Waals surface area contributed by atoms with E-state index in [2.05, 4.69) is 21.4 Å². The van der Waals surface area contributed by atoms with Crippen molar-refractivity contribution in [3.8, 4) is 0 Å². The molecule has 2 unspecified atom stereocenters. The van der Waals surface area contributed by atoms with Crippen molar-refractivity contribution in [1.82, 2.24) is 14.5 Å². The molecule has 2 N–H and O–H groups in total. The summed E-state index contributed by atoms with van der Waals surface area (Å²) < 4.78 is 3.89. The summed E-state index contributed by atoms with van der Waals surface area (Å²) >= 11 is 1.42. The van der Waals surface area contributed by atoms with Crippen LogP contribution >= 0.6 is 23.9 Å². The van der Waals surface area contributed by atoms with E-state index in [4.69, 9.17) is 5.73 Å². The summed E-state index contributed by atoms with van der Waals surface area (Å²) in [7, 11) is 0. The van der Waals surface area contributed by atoms with Crippen LogP contribution in [0.15, 0.2) is 5.38 Å². The zero-order valence-corrected chi connectivity index (χ0v) is 11.1. The highest BCUT2D eigenvalue weighted by molar-refractivity contribution is 7.03. The lowest BCUT2D eigenvalue weighted by atomic mass is 9.97. The van der Waals surface area contributed by atoms with Crippen LogP contribution < -0.4 is 5.73 Å². The van der Waals surface area contributed by atoms with E-state index in [1.807, 2.05) is 5.38 Å². The van der Waals surface area contributed by atoms with E-state index in [9.17, 15) is 0 Å². The minimum Gasteiger partial charge on any atom is -0.327 e. The lowest BCUT2D eigenvalue weighted by Crippen LogP contribution is -2.48. The Balaban J connectivity index is 0.00000128. The van der Waals surface area contributed by atoms with Crippen LogP contribution in [0.1, 0.15) is 31.9 Å². The first-order valence-corrected chi connectivity index (χ1v) is 6.36. The minimum atomic E-state index is 0. The van der Waals surface area contributed by atoms with Crippen LogP contribution in [0.3, 0.4) is 0 Å². The Kier molecular flexibility index (Phi) is 5.61. The molecule has 1 aliphatic rings. The van der Waals surface area contributed by atoms with E-state index in [1.165, 1.54) is 30.8 Å². The Morgan fingerprint density at radius 2 is 2.44 bits per heavy atom. The van der Waals surface area contributed by atoms with Gasteiger partial charge in [0.2, 0.25) is 0 Å². The normalized spacial score (nSPS) is 23.8. The van der Waals surface area contributed by atoms with Crippen LogP contribution in [0.25, 0.3) is 0 Å². The number of rotatable bonds is 3. The molecular weight excluding hydrogens is 244 g/mol. The highest BCUT2D eigenvalue weighted by Crippen LogP contribution is 2.20. The molecule has 92 valence electrons. The maximum Gasteiger partial charge on any atom is 0.0895 e. The molecule has 4 nitrogen and oxygen atoms in total. The van der Waals surface area contributed by atoms with Gasteiger partial charge >= 0.3 is 0 Å².